The highest BCUT2D eigenvalue weighted by atomic mass is 19.1. The molecule has 3 nitrogen and oxygen atoms in total. The van der Waals surface area contributed by atoms with Gasteiger partial charge in [0.1, 0.15) is 5.82 Å². The van der Waals surface area contributed by atoms with Crippen molar-refractivity contribution in [2.45, 2.75) is 32.2 Å². The Hall–Kier alpha value is -1.42. The van der Waals surface area contributed by atoms with Gasteiger partial charge < -0.3 is 11.1 Å². The van der Waals surface area contributed by atoms with Crippen LogP contribution >= 0.6 is 0 Å². The summed E-state index contributed by atoms with van der Waals surface area (Å²) in [7, 11) is 0. The first kappa shape index (κ1) is 12.0. The van der Waals surface area contributed by atoms with Crippen molar-refractivity contribution in [1.82, 2.24) is 0 Å². The maximum absolute atomic E-state index is 13.2. The first-order valence-corrected chi connectivity index (χ1v) is 6.00. The Labute approximate surface area is 100 Å². The summed E-state index contributed by atoms with van der Waals surface area (Å²) < 4.78 is 13.2. The zero-order valence-electron chi connectivity index (χ0n) is 9.71. The predicted molar refractivity (Wildman–Crippen MR) is 64.9 cm³/mol. The average molecular weight is 236 g/mol. The molecule has 0 radical (unpaired) electrons. The predicted octanol–water partition coefficient (Wildman–Crippen LogP) is 2.41. The van der Waals surface area contributed by atoms with Crippen LogP contribution < -0.4 is 11.1 Å². The molecule has 92 valence electrons. The highest BCUT2D eigenvalue weighted by Gasteiger charge is 2.22. The normalized spacial score (nSPS) is 16.1. The topological polar surface area (TPSA) is 55.1 Å². The second-order valence-electron chi connectivity index (χ2n) is 4.48. The Morgan fingerprint density at radius 2 is 2.12 bits per heavy atom. The fourth-order valence-electron chi connectivity index (χ4n) is 2.24. The summed E-state index contributed by atoms with van der Waals surface area (Å²) in [5, 5.41) is 2.82. The van der Waals surface area contributed by atoms with E-state index in [4.69, 9.17) is 5.73 Å². The van der Waals surface area contributed by atoms with Crippen LogP contribution in [0.15, 0.2) is 18.2 Å². The van der Waals surface area contributed by atoms with Gasteiger partial charge in [0.15, 0.2) is 0 Å². The minimum atomic E-state index is -0.327. The molecule has 1 aromatic carbocycles. The molecule has 2 rings (SSSR count). The monoisotopic (exact) mass is 236 g/mol. The van der Waals surface area contributed by atoms with E-state index in [2.05, 4.69) is 5.32 Å². The number of rotatable bonds is 3. The summed E-state index contributed by atoms with van der Waals surface area (Å²) in [5.41, 5.74) is 6.47. The van der Waals surface area contributed by atoms with Gasteiger partial charge in [0.05, 0.1) is 0 Å². The minimum absolute atomic E-state index is 0.0390. The van der Waals surface area contributed by atoms with Crippen LogP contribution in [0.3, 0.4) is 0 Å². The van der Waals surface area contributed by atoms with Gasteiger partial charge in [-0.2, -0.15) is 0 Å². The second-order valence-corrected chi connectivity index (χ2v) is 4.48. The Balaban J connectivity index is 2.05. The SMILES string of the molecule is NCc1cc(NC(=O)C2CCCC2)ccc1F. The molecule has 1 aromatic rings. The van der Waals surface area contributed by atoms with Gasteiger partial charge in [-0.1, -0.05) is 12.8 Å². The molecule has 3 N–H and O–H groups in total. The van der Waals surface area contributed by atoms with E-state index in [9.17, 15) is 9.18 Å². The lowest BCUT2D eigenvalue weighted by Gasteiger charge is -2.11. The number of hydrogen-bond acceptors (Lipinski definition) is 2. The largest absolute Gasteiger partial charge is 0.326 e. The zero-order chi connectivity index (χ0) is 12.3. The van der Waals surface area contributed by atoms with Gasteiger partial charge in [0, 0.05) is 23.7 Å². The van der Waals surface area contributed by atoms with Gasteiger partial charge in [0.25, 0.3) is 0 Å². The molecule has 0 aliphatic heterocycles. The molecule has 17 heavy (non-hydrogen) atoms. The number of benzene rings is 1. The van der Waals surface area contributed by atoms with Gasteiger partial charge in [-0.05, 0) is 31.0 Å². The van der Waals surface area contributed by atoms with Crippen LogP contribution in [0.2, 0.25) is 0 Å². The van der Waals surface area contributed by atoms with E-state index in [1.54, 1.807) is 12.1 Å². The Kier molecular flexibility index (Phi) is 3.74. The molecule has 1 fully saturated rings. The number of carbonyl (C=O) groups excluding carboxylic acids is 1. The van der Waals surface area contributed by atoms with Crippen molar-refractivity contribution >= 4 is 11.6 Å². The fraction of sp³-hybridized carbons (Fsp3) is 0.462. The van der Waals surface area contributed by atoms with Crippen molar-refractivity contribution in [2.24, 2.45) is 11.7 Å². The molecule has 1 aliphatic rings. The highest BCUT2D eigenvalue weighted by Crippen LogP contribution is 2.26. The average Bonchev–Trinajstić information content (AvgIpc) is 2.85. The Morgan fingerprint density at radius 1 is 1.41 bits per heavy atom. The van der Waals surface area contributed by atoms with Gasteiger partial charge >= 0.3 is 0 Å². The quantitative estimate of drug-likeness (QED) is 0.846. The van der Waals surface area contributed by atoms with Crippen molar-refractivity contribution in [3.8, 4) is 0 Å². The van der Waals surface area contributed by atoms with Gasteiger partial charge in [-0.3, -0.25) is 4.79 Å². The summed E-state index contributed by atoms with van der Waals surface area (Å²) in [6.07, 6.45) is 4.15. The first-order valence-electron chi connectivity index (χ1n) is 6.00. The van der Waals surface area contributed by atoms with E-state index in [1.807, 2.05) is 0 Å². The van der Waals surface area contributed by atoms with E-state index in [1.165, 1.54) is 6.07 Å². The molecule has 0 saturated heterocycles. The molecule has 1 saturated carbocycles. The van der Waals surface area contributed by atoms with E-state index in [-0.39, 0.29) is 24.2 Å². The first-order chi connectivity index (χ1) is 8.20. The summed E-state index contributed by atoms with van der Waals surface area (Å²) in [5.74, 6) is -0.176. The van der Waals surface area contributed by atoms with Crippen molar-refractivity contribution in [3.63, 3.8) is 0 Å². The van der Waals surface area contributed by atoms with Crippen LogP contribution in [0.1, 0.15) is 31.2 Å². The highest BCUT2D eigenvalue weighted by molar-refractivity contribution is 5.92. The molecule has 0 aromatic heterocycles. The standard InChI is InChI=1S/C13H17FN2O/c14-12-6-5-11(7-10(12)8-15)16-13(17)9-3-1-2-4-9/h5-7,9H,1-4,8,15H2,(H,16,17). The second kappa shape index (κ2) is 5.27. The molecular formula is C13H17FN2O. The molecular weight excluding hydrogens is 219 g/mol. The molecule has 4 heteroatoms. The lowest BCUT2D eigenvalue weighted by atomic mass is 10.1. The van der Waals surface area contributed by atoms with Crippen molar-refractivity contribution in [2.75, 3.05) is 5.32 Å². The molecule has 1 aliphatic carbocycles. The summed E-state index contributed by atoms with van der Waals surface area (Å²) >= 11 is 0. The smallest absolute Gasteiger partial charge is 0.227 e. The van der Waals surface area contributed by atoms with Gasteiger partial charge in [-0.25, -0.2) is 4.39 Å². The maximum Gasteiger partial charge on any atom is 0.227 e. The Morgan fingerprint density at radius 3 is 2.76 bits per heavy atom. The number of amides is 1. The number of nitrogens with one attached hydrogen (secondary N) is 1. The van der Waals surface area contributed by atoms with Gasteiger partial charge in [0.2, 0.25) is 5.91 Å². The van der Waals surface area contributed by atoms with Crippen LogP contribution in [0.5, 0.6) is 0 Å². The molecule has 0 spiro atoms. The fourth-order valence-corrected chi connectivity index (χ4v) is 2.24. The van der Waals surface area contributed by atoms with Crippen molar-refractivity contribution < 1.29 is 9.18 Å². The lowest BCUT2D eigenvalue weighted by molar-refractivity contribution is -0.119. The number of anilines is 1. The molecule has 0 bridgehead atoms. The summed E-state index contributed by atoms with van der Waals surface area (Å²) in [4.78, 5) is 11.9. The molecule has 0 unspecified atom stereocenters. The number of carbonyl (C=O) groups is 1. The van der Waals surface area contributed by atoms with Crippen LogP contribution in [-0.2, 0) is 11.3 Å². The van der Waals surface area contributed by atoms with Crippen molar-refractivity contribution in [3.05, 3.63) is 29.6 Å². The van der Waals surface area contributed by atoms with Crippen LogP contribution in [0.4, 0.5) is 10.1 Å². The molecule has 0 atom stereocenters. The minimum Gasteiger partial charge on any atom is -0.326 e. The van der Waals surface area contributed by atoms with Gasteiger partial charge in [-0.15, -0.1) is 0 Å². The lowest BCUT2D eigenvalue weighted by Crippen LogP contribution is -2.20. The number of nitrogens with two attached hydrogens (primary N) is 1. The van der Waals surface area contributed by atoms with Crippen LogP contribution in [0, 0.1) is 11.7 Å². The third kappa shape index (κ3) is 2.82. The maximum atomic E-state index is 13.2. The summed E-state index contributed by atoms with van der Waals surface area (Å²) in [6, 6.07) is 4.51. The summed E-state index contributed by atoms with van der Waals surface area (Å²) in [6.45, 7) is 0.138. The number of hydrogen-bond donors (Lipinski definition) is 2. The van der Waals surface area contributed by atoms with E-state index < -0.39 is 0 Å². The molecule has 1 amide bonds. The van der Waals surface area contributed by atoms with E-state index >= 15 is 0 Å². The van der Waals surface area contributed by atoms with E-state index in [0.717, 1.165) is 25.7 Å². The van der Waals surface area contributed by atoms with E-state index in [0.29, 0.717) is 11.3 Å². The Bertz CT molecular complexity index is 414. The third-order valence-electron chi connectivity index (χ3n) is 3.26. The van der Waals surface area contributed by atoms with Crippen molar-refractivity contribution in [1.29, 1.82) is 0 Å². The molecule has 0 heterocycles. The third-order valence-corrected chi connectivity index (χ3v) is 3.26. The zero-order valence-corrected chi connectivity index (χ0v) is 9.71. The van der Waals surface area contributed by atoms with Crippen LogP contribution in [0.25, 0.3) is 0 Å². The number of halogens is 1. The van der Waals surface area contributed by atoms with Crippen LogP contribution in [-0.4, -0.2) is 5.91 Å².